The number of ether oxygens (including phenoxy) is 2. The summed E-state index contributed by atoms with van der Waals surface area (Å²) >= 11 is 1.32. The maximum Gasteiger partial charge on any atom is 0.267 e. The van der Waals surface area contributed by atoms with Gasteiger partial charge in [0.2, 0.25) is 11.7 Å². The second-order valence-corrected chi connectivity index (χ2v) is 9.42. The predicted octanol–water partition coefficient (Wildman–Crippen LogP) is 3.08. The molecule has 4 aromatic rings. The van der Waals surface area contributed by atoms with E-state index in [-0.39, 0.29) is 23.3 Å². The number of fused-ring (bicyclic) bond motifs is 3. The molecule has 1 aliphatic rings. The van der Waals surface area contributed by atoms with Gasteiger partial charge in [0.1, 0.15) is 5.75 Å². The maximum absolute atomic E-state index is 13.6. The molecule has 3 heterocycles. The summed E-state index contributed by atoms with van der Waals surface area (Å²) < 4.78 is 14.6. The lowest BCUT2D eigenvalue weighted by Crippen LogP contribution is -2.46. The van der Waals surface area contributed by atoms with Crippen LogP contribution in [-0.2, 0) is 9.53 Å². The topological polar surface area (TPSA) is 91.0 Å². The van der Waals surface area contributed by atoms with Gasteiger partial charge in [0.05, 0.1) is 42.2 Å². The number of amides is 1. The molecule has 0 bridgehead atoms. The molecule has 0 spiro atoms. The Labute approximate surface area is 206 Å². The van der Waals surface area contributed by atoms with Crippen molar-refractivity contribution in [3.8, 4) is 11.4 Å². The molecule has 2 aromatic heterocycles. The molecule has 1 fully saturated rings. The van der Waals surface area contributed by atoms with Crippen LogP contribution in [0.3, 0.4) is 0 Å². The Bertz CT molecular complexity index is 1460. The Morgan fingerprint density at radius 2 is 2.06 bits per heavy atom. The fourth-order valence-electron chi connectivity index (χ4n) is 4.37. The number of carbonyl (C=O) groups excluding carboxylic acids is 1. The first kappa shape index (κ1) is 23.4. The van der Waals surface area contributed by atoms with Gasteiger partial charge in [0, 0.05) is 13.1 Å². The zero-order valence-electron chi connectivity index (χ0n) is 19.9. The van der Waals surface area contributed by atoms with Gasteiger partial charge < -0.3 is 14.4 Å². The fourth-order valence-corrected chi connectivity index (χ4v) is 5.22. The average Bonchev–Trinajstić information content (AvgIpc) is 3.31. The van der Waals surface area contributed by atoms with Crippen LogP contribution in [0, 0.1) is 6.92 Å². The van der Waals surface area contributed by atoms with Crippen LogP contribution in [-0.4, -0.2) is 68.6 Å². The lowest BCUT2D eigenvalue weighted by Gasteiger charge is -2.32. The Hall–Kier alpha value is -3.37. The van der Waals surface area contributed by atoms with Crippen LogP contribution >= 0.6 is 11.8 Å². The van der Waals surface area contributed by atoms with E-state index in [0.29, 0.717) is 53.0 Å². The zero-order chi connectivity index (χ0) is 24.5. The Morgan fingerprint density at radius 1 is 1.23 bits per heavy atom. The highest BCUT2D eigenvalue weighted by Gasteiger charge is 2.25. The number of aryl methyl sites for hydroxylation is 1. The molecule has 1 atom stereocenters. The quantitative estimate of drug-likeness (QED) is 0.381. The van der Waals surface area contributed by atoms with E-state index in [1.165, 1.54) is 16.3 Å². The number of rotatable bonds is 6. The summed E-state index contributed by atoms with van der Waals surface area (Å²) in [5.74, 6) is 1.18. The minimum Gasteiger partial charge on any atom is -0.495 e. The first-order valence-corrected chi connectivity index (χ1v) is 12.6. The number of hydrogen-bond acceptors (Lipinski definition) is 7. The molecule has 0 saturated carbocycles. The van der Waals surface area contributed by atoms with Crippen LogP contribution in [0.2, 0.25) is 0 Å². The average molecular weight is 494 g/mol. The van der Waals surface area contributed by atoms with Crippen molar-refractivity contribution in [1.29, 1.82) is 0 Å². The summed E-state index contributed by atoms with van der Waals surface area (Å²) in [7, 11) is 1.57. The molecular formula is C25H27N5O4S. The molecule has 0 aliphatic carbocycles. The number of aromatic nitrogens is 4. The van der Waals surface area contributed by atoms with Gasteiger partial charge in [-0.25, -0.2) is 4.57 Å². The van der Waals surface area contributed by atoms with Crippen molar-refractivity contribution in [2.24, 2.45) is 0 Å². The fraction of sp³-hybridized carbons (Fsp3) is 0.360. The van der Waals surface area contributed by atoms with Gasteiger partial charge in [-0.15, -0.1) is 10.2 Å². The smallest absolute Gasteiger partial charge is 0.267 e. The number of morpholine rings is 1. The van der Waals surface area contributed by atoms with Crippen LogP contribution in [0.25, 0.3) is 22.4 Å². The first-order valence-electron chi connectivity index (χ1n) is 11.6. The predicted molar refractivity (Wildman–Crippen MR) is 135 cm³/mol. The van der Waals surface area contributed by atoms with E-state index in [9.17, 15) is 9.59 Å². The second kappa shape index (κ2) is 9.71. The van der Waals surface area contributed by atoms with Crippen LogP contribution in [0.15, 0.2) is 52.4 Å². The molecular weight excluding hydrogens is 466 g/mol. The third kappa shape index (κ3) is 4.28. The lowest BCUT2D eigenvalue weighted by atomic mass is 10.2. The number of methoxy groups -OCH3 is 1. The molecule has 5 rings (SSSR count). The monoisotopic (exact) mass is 493 g/mol. The minimum atomic E-state index is -0.212. The number of nitrogens with zero attached hydrogens (tertiary/aromatic N) is 5. The van der Waals surface area contributed by atoms with Gasteiger partial charge in [-0.2, -0.15) is 0 Å². The van der Waals surface area contributed by atoms with Crippen molar-refractivity contribution in [3.05, 3.63) is 58.4 Å². The molecule has 0 radical (unpaired) electrons. The van der Waals surface area contributed by atoms with Crippen molar-refractivity contribution < 1.29 is 14.3 Å². The maximum atomic E-state index is 13.6. The molecule has 35 heavy (non-hydrogen) atoms. The van der Waals surface area contributed by atoms with Crippen LogP contribution in [0.5, 0.6) is 5.75 Å². The second-order valence-electron chi connectivity index (χ2n) is 8.48. The molecule has 9 nitrogen and oxygen atoms in total. The van der Waals surface area contributed by atoms with Gasteiger partial charge >= 0.3 is 0 Å². The van der Waals surface area contributed by atoms with Crippen molar-refractivity contribution in [2.45, 2.75) is 31.5 Å². The minimum absolute atomic E-state index is 0.0338. The molecule has 10 heteroatoms. The number of carbonyl (C=O) groups is 1. The third-order valence-corrected chi connectivity index (χ3v) is 7.16. The number of para-hydroxylation sites is 1. The highest BCUT2D eigenvalue weighted by atomic mass is 32.2. The van der Waals surface area contributed by atoms with E-state index < -0.39 is 0 Å². The van der Waals surface area contributed by atoms with E-state index in [4.69, 9.17) is 9.47 Å². The molecule has 1 amide bonds. The molecule has 1 aliphatic heterocycles. The summed E-state index contributed by atoms with van der Waals surface area (Å²) in [5, 5.41) is 9.83. The molecule has 182 valence electrons. The van der Waals surface area contributed by atoms with Gasteiger partial charge in [-0.1, -0.05) is 36.9 Å². The zero-order valence-corrected chi connectivity index (χ0v) is 20.7. The highest BCUT2D eigenvalue weighted by Crippen LogP contribution is 2.28. The van der Waals surface area contributed by atoms with E-state index in [0.717, 1.165) is 12.0 Å². The number of hydrogen-bond donors (Lipinski definition) is 0. The van der Waals surface area contributed by atoms with Crippen LogP contribution < -0.4 is 10.3 Å². The summed E-state index contributed by atoms with van der Waals surface area (Å²) in [6, 6.07) is 13.0. The van der Waals surface area contributed by atoms with Gasteiger partial charge in [0.25, 0.3) is 5.56 Å². The Balaban J connectivity index is 1.59. The van der Waals surface area contributed by atoms with E-state index in [1.807, 2.05) is 52.6 Å². The molecule has 0 N–H and O–H groups in total. The van der Waals surface area contributed by atoms with Gasteiger partial charge in [-0.3, -0.25) is 14.0 Å². The SMILES string of the molecule is CCC1CN(C(=O)CSc2nnc3n(-c4cc(C)ccc4OC)c(=O)c4ccccc4n23)CCO1. The van der Waals surface area contributed by atoms with E-state index in [1.54, 1.807) is 13.2 Å². The van der Waals surface area contributed by atoms with Crippen molar-refractivity contribution in [3.63, 3.8) is 0 Å². The largest absolute Gasteiger partial charge is 0.495 e. The Morgan fingerprint density at radius 3 is 2.86 bits per heavy atom. The lowest BCUT2D eigenvalue weighted by molar-refractivity contribution is -0.135. The number of benzene rings is 2. The number of thioether (sulfide) groups is 1. The van der Waals surface area contributed by atoms with E-state index in [2.05, 4.69) is 17.1 Å². The first-order chi connectivity index (χ1) is 17.0. The standard InChI is InChI=1S/C25H27N5O4S/c1-4-17-14-28(11-12-34-17)22(31)15-35-25-27-26-24-29(20-13-16(2)9-10-21(20)33-3)23(32)18-7-5-6-8-19(18)30(24)25/h5-10,13,17H,4,11-12,14-15H2,1-3H3. The van der Waals surface area contributed by atoms with Crippen LogP contribution in [0.4, 0.5) is 0 Å². The van der Waals surface area contributed by atoms with Crippen molar-refractivity contribution in [2.75, 3.05) is 32.6 Å². The Kier molecular flexibility index (Phi) is 6.48. The molecule has 1 unspecified atom stereocenters. The summed E-state index contributed by atoms with van der Waals surface area (Å²) in [6.45, 7) is 5.76. The van der Waals surface area contributed by atoms with Crippen LogP contribution in [0.1, 0.15) is 18.9 Å². The van der Waals surface area contributed by atoms with E-state index >= 15 is 0 Å². The van der Waals surface area contributed by atoms with Crippen molar-refractivity contribution >= 4 is 34.3 Å². The normalized spacial score (nSPS) is 16.2. The highest BCUT2D eigenvalue weighted by molar-refractivity contribution is 7.99. The van der Waals surface area contributed by atoms with Crippen molar-refractivity contribution in [1.82, 2.24) is 24.1 Å². The molecule has 1 saturated heterocycles. The third-order valence-electron chi connectivity index (χ3n) is 6.24. The van der Waals surface area contributed by atoms with Gasteiger partial charge in [0.15, 0.2) is 5.16 Å². The summed E-state index contributed by atoms with van der Waals surface area (Å²) in [6.07, 6.45) is 0.951. The molecule has 2 aromatic carbocycles. The van der Waals surface area contributed by atoms with Gasteiger partial charge in [-0.05, 0) is 43.2 Å². The summed E-state index contributed by atoms with van der Waals surface area (Å²) in [4.78, 5) is 28.4. The summed E-state index contributed by atoms with van der Waals surface area (Å²) in [5.41, 5.74) is 2.05.